The number of fused-ring (bicyclic) bond motifs is 1. The Bertz CT molecular complexity index is 1120. The normalized spacial score (nSPS) is 15.2. The van der Waals surface area contributed by atoms with Gasteiger partial charge in [-0.2, -0.15) is 0 Å². The number of rotatable bonds is 5. The highest BCUT2D eigenvalue weighted by Gasteiger charge is 2.24. The standard InChI is InChI=1S/C20H23N5O3S2/c1-14(2)23-30(27,28)16-7-5-15(6-8-16)19(26)24-10-12-25(13-11-24)20-22-17-4-3-9-21-18(17)29-20/h3-9,14,23H,10-13H2,1-2H3. The Hall–Kier alpha value is -2.56. The van der Waals surface area contributed by atoms with Crippen LogP contribution < -0.4 is 9.62 Å². The number of pyridine rings is 1. The van der Waals surface area contributed by atoms with E-state index in [4.69, 9.17) is 0 Å². The van der Waals surface area contributed by atoms with Gasteiger partial charge in [0.15, 0.2) is 5.13 Å². The zero-order valence-electron chi connectivity index (χ0n) is 16.8. The van der Waals surface area contributed by atoms with Crippen LogP contribution in [0.25, 0.3) is 10.3 Å². The first-order chi connectivity index (χ1) is 14.3. The fourth-order valence-corrected chi connectivity index (χ4v) is 5.54. The molecule has 0 spiro atoms. The van der Waals surface area contributed by atoms with Gasteiger partial charge in [0.25, 0.3) is 5.91 Å². The van der Waals surface area contributed by atoms with E-state index in [-0.39, 0.29) is 16.8 Å². The monoisotopic (exact) mass is 445 g/mol. The molecule has 4 rings (SSSR count). The molecule has 0 saturated carbocycles. The van der Waals surface area contributed by atoms with Gasteiger partial charge >= 0.3 is 0 Å². The van der Waals surface area contributed by atoms with Gasteiger partial charge in [-0.25, -0.2) is 23.1 Å². The molecule has 1 saturated heterocycles. The molecular weight excluding hydrogens is 422 g/mol. The number of nitrogens with zero attached hydrogens (tertiary/aromatic N) is 4. The number of aromatic nitrogens is 2. The third kappa shape index (κ3) is 4.30. The Morgan fingerprint density at radius 3 is 2.43 bits per heavy atom. The average Bonchev–Trinajstić information content (AvgIpc) is 3.17. The van der Waals surface area contributed by atoms with Crippen LogP contribution in [-0.2, 0) is 10.0 Å². The minimum Gasteiger partial charge on any atom is -0.344 e. The van der Waals surface area contributed by atoms with E-state index in [9.17, 15) is 13.2 Å². The summed E-state index contributed by atoms with van der Waals surface area (Å²) in [5.74, 6) is -0.0959. The number of benzene rings is 1. The highest BCUT2D eigenvalue weighted by Crippen LogP contribution is 2.27. The number of piperazine rings is 1. The van der Waals surface area contributed by atoms with Crippen molar-refractivity contribution in [3.05, 3.63) is 48.2 Å². The SMILES string of the molecule is CC(C)NS(=O)(=O)c1ccc(C(=O)N2CCN(c3nc4cccnc4s3)CC2)cc1. The van der Waals surface area contributed by atoms with Crippen molar-refractivity contribution in [2.45, 2.75) is 24.8 Å². The quantitative estimate of drug-likeness (QED) is 0.648. The van der Waals surface area contributed by atoms with Crippen LogP contribution in [0.15, 0.2) is 47.5 Å². The molecule has 8 nitrogen and oxygen atoms in total. The molecular formula is C20H23N5O3S2. The number of sulfonamides is 1. The molecule has 1 N–H and O–H groups in total. The smallest absolute Gasteiger partial charge is 0.253 e. The number of carbonyl (C=O) groups excluding carboxylic acids is 1. The van der Waals surface area contributed by atoms with E-state index in [1.165, 1.54) is 12.1 Å². The summed E-state index contributed by atoms with van der Waals surface area (Å²) in [5.41, 5.74) is 1.37. The third-order valence-electron chi connectivity index (χ3n) is 4.79. The van der Waals surface area contributed by atoms with E-state index in [0.717, 1.165) is 15.5 Å². The molecule has 0 radical (unpaired) electrons. The van der Waals surface area contributed by atoms with E-state index in [1.807, 2.05) is 12.1 Å². The van der Waals surface area contributed by atoms with Crippen LogP contribution in [0.3, 0.4) is 0 Å². The summed E-state index contributed by atoms with van der Waals surface area (Å²) >= 11 is 1.56. The van der Waals surface area contributed by atoms with Crippen LogP contribution in [0, 0.1) is 0 Å². The van der Waals surface area contributed by atoms with Crippen molar-refractivity contribution in [3.8, 4) is 0 Å². The molecule has 1 aliphatic rings. The molecule has 158 valence electrons. The first-order valence-electron chi connectivity index (χ1n) is 9.72. The predicted octanol–water partition coefficient (Wildman–Crippen LogP) is 2.34. The lowest BCUT2D eigenvalue weighted by Crippen LogP contribution is -2.48. The molecule has 30 heavy (non-hydrogen) atoms. The van der Waals surface area contributed by atoms with Crippen LogP contribution >= 0.6 is 11.3 Å². The van der Waals surface area contributed by atoms with Crippen molar-refractivity contribution in [1.82, 2.24) is 19.6 Å². The molecule has 1 aromatic carbocycles. The first kappa shape index (κ1) is 20.7. The van der Waals surface area contributed by atoms with Gasteiger partial charge in [-0.3, -0.25) is 4.79 Å². The van der Waals surface area contributed by atoms with Gasteiger partial charge in [0.05, 0.1) is 4.90 Å². The van der Waals surface area contributed by atoms with Gasteiger partial charge in [0, 0.05) is 44.0 Å². The van der Waals surface area contributed by atoms with Crippen LogP contribution in [-0.4, -0.2) is 61.4 Å². The van der Waals surface area contributed by atoms with Crippen molar-refractivity contribution in [2.75, 3.05) is 31.1 Å². The summed E-state index contributed by atoms with van der Waals surface area (Å²) in [6.45, 7) is 6.07. The van der Waals surface area contributed by atoms with Gasteiger partial charge in [-0.1, -0.05) is 11.3 Å². The third-order valence-corrected chi connectivity index (χ3v) is 7.51. The number of anilines is 1. The molecule has 1 fully saturated rings. The maximum atomic E-state index is 12.8. The summed E-state index contributed by atoms with van der Waals surface area (Å²) in [7, 11) is -3.57. The molecule has 3 heterocycles. The van der Waals surface area contributed by atoms with Gasteiger partial charge in [-0.15, -0.1) is 0 Å². The highest BCUT2D eigenvalue weighted by molar-refractivity contribution is 7.89. The van der Waals surface area contributed by atoms with Crippen molar-refractivity contribution in [3.63, 3.8) is 0 Å². The van der Waals surface area contributed by atoms with Crippen molar-refractivity contribution in [2.24, 2.45) is 0 Å². The Kier molecular flexibility index (Phi) is 5.72. The first-order valence-corrected chi connectivity index (χ1v) is 12.0. The molecule has 0 atom stereocenters. The minimum absolute atomic E-state index is 0.0959. The predicted molar refractivity (Wildman–Crippen MR) is 117 cm³/mol. The Morgan fingerprint density at radius 1 is 1.10 bits per heavy atom. The Labute approximate surface area is 179 Å². The molecule has 1 aliphatic heterocycles. The van der Waals surface area contributed by atoms with E-state index in [1.54, 1.807) is 48.4 Å². The maximum Gasteiger partial charge on any atom is 0.253 e. The van der Waals surface area contributed by atoms with Crippen LogP contribution in [0.2, 0.25) is 0 Å². The fourth-order valence-electron chi connectivity index (χ4n) is 3.33. The molecule has 10 heteroatoms. The number of nitrogens with one attached hydrogen (secondary N) is 1. The number of carbonyl (C=O) groups is 1. The van der Waals surface area contributed by atoms with Crippen LogP contribution in [0.1, 0.15) is 24.2 Å². The van der Waals surface area contributed by atoms with Crippen LogP contribution in [0.5, 0.6) is 0 Å². The molecule has 2 aromatic heterocycles. The Morgan fingerprint density at radius 2 is 1.80 bits per heavy atom. The van der Waals surface area contributed by atoms with Gasteiger partial charge in [0.1, 0.15) is 10.3 Å². The lowest BCUT2D eigenvalue weighted by Gasteiger charge is -2.34. The van der Waals surface area contributed by atoms with Gasteiger partial charge in [0.2, 0.25) is 10.0 Å². The van der Waals surface area contributed by atoms with Crippen molar-refractivity contribution < 1.29 is 13.2 Å². The number of amides is 1. The lowest BCUT2D eigenvalue weighted by molar-refractivity contribution is 0.0746. The lowest BCUT2D eigenvalue weighted by atomic mass is 10.2. The summed E-state index contributed by atoms with van der Waals surface area (Å²) in [6.07, 6.45) is 1.76. The zero-order chi connectivity index (χ0) is 21.3. The molecule has 0 bridgehead atoms. The number of hydrogen-bond donors (Lipinski definition) is 1. The zero-order valence-corrected chi connectivity index (χ0v) is 18.4. The summed E-state index contributed by atoms with van der Waals surface area (Å²) in [5, 5.41) is 0.919. The van der Waals surface area contributed by atoms with Gasteiger partial charge in [-0.05, 0) is 50.2 Å². The van der Waals surface area contributed by atoms with E-state index in [2.05, 4.69) is 19.6 Å². The summed E-state index contributed by atoms with van der Waals surface area (Å²) < 4.78 is 27.0. The minimum atomic E-state index is -3.57. The molecule has 3 aromatic rings. The second kappa shape index (κ2) is 8.29. The number of hydrogen-bond acceptors (Lipinski definition) is 7. The highest BCUT2D eigenvalue weighted by atomic mass is 32.2. The average molecular weight is 446 g/mol. The van der Waals surface area contributed by atoms with Crippen molar-refractivity contribution >= 4 is 42.7 Å². The second-order valence-corrected chi connectivity index (χ2v) is 10.1. The summed E-state index contributed by atoms with van der Waals surface area (Å²) in [6, 6.07) is 9.72. The second-order valence-electron chi connectivity index (χ2n) is 7.40. The van der Waals surface area contributed by atoms with E-state index in [0.29, 0.717) is 31.7 Å². The van der Waals surface area contributed by atoms with Crippen LogP contribution in [0.4, 0.5) is 5.13 Å². The van der Waals surface area contributed by atoms with Gasteiger partial charge < -0.3 is 9.80 Å². The fraction of sp³-hybridized carbons (Fsp3) is 0.350. The number of thiazole rings is 1. The summed E-state index contributed by atoms with van der Waals surface area (Å²) in [4.78, 5) is 26.8. The van der Waals surface area contributed by atoms with E-state index >= 15 is 0 Å². The largest absolute Gasteiger partial charge is 0.344 e. The molecule has 0 unspecified atom stereocenters. The Balaban J connectivity index is 1.40. The molecule has 1 amide bonds. The van der Waals surface area contributed by atoms with Crippen molar-refractivity contribution in [1.29, 1.82) is 0 Å². The topological polar surface area (TPSA) is 95.5 Å². The molecule has 0 aliphatic carbocycles. The van der Waals surface area contributed by atoms with E-state index < -0.39 is 10.0 Å². The maximum absolute atomic E-state index is 12.8.